The van der Waals surface area contributed by atoms with Gasteiger partial charge in [-0.2, -0.15) is 10.9 Å². The van der Waals surface area contributed by atoms with E-state index in [1.54, 1.807) is 18.2 Å². The Labute approximate surface area is 154 Å². The van der Waals surface area contributed by atoms with Gasteiger partial charge in [0.05, 0.1) is 19.5 Å². The number of amides is 1. The van der Waals surface area contributed by atoms with Crippen molar-refractivity contribution in [3.63, 3.8) is 0 Å². The monoisotopic (exact) mass is 381 g/mol. The van der Waals surface area contributed by atoms with Gasteiger partial charge < -0.3 is 19.9 Å². The Morgan fingerprint density at radius 2 is 1.81 bits per heavy atom. The Hall–Kier alpha value is -2.22. The van der Waals surface area contributed by atoms with Crippen LogP contribution in [0.5, 0.6) is 11.5 Å². The molecule has 7 nitrogen and oxygen atoms in total. The largest absolute Gasteiger partial charge is 0.496 e. The molecule has 0 bridgehead atoms. The van der Waals surface area contributed by atoms with Crippen LogP contribution < -0.4 is 14.8 Å². The Balaban J connectivity index is 1.83. The molecule has 2 saturated heterocycles. The molecule has 2 fully saturated rings. The van der Waals surface area contributed by atoms with E-state index in [4.69, 9.17) is 9.47 Å². The first-order chi connectivity index (χ1) is 12.2. The molecule has 2 N–H and O–H groups in total. The summed E-state index contributed by atoms with van der Waals surface area (Å²) in [5.74, 6) is -0.672. The molecule has 1 aromatic carbocycles. The fourth-order valence-corrected chi connectivity index (χ4v) is 7.61. The van der Waals surface area contributed by atoms with Gasteiger partial charge in [-0.15, -0.1) is 0 Å². The number of carboxylic acid groups (broad SMARTS) is 1. The SMILES string of the molecule is COc1cccc(OC)c1C(=O)N[C@H]1C(=O)[SH]2[C@@H]1CC(C)(C)[C@H]2C(=O)O. The lowest BCUT2D eigenvalue weighted by atomic mass is 9.83. The Morgan fingerprint density at radius 3 is 2.31 bits per heavy atom. The molecular weight excluding hydrogens is 358 g/mol. The minimum atomic E-state index is -1.27. The van der Waals surface area contributed by atoms with Gasteiger partial charge in [0.1, 0.15) is 23.1 Å². The van der Waals surface area contributed by atoms with Crippen molar-refractivity contribution < 1.29 is 29.0 Å². The molecule has 1 aromatic rings. The van der Waals surface area contributed by atoms with Crippen molar-refractivity contribution in [1.29, 1.82) is 0 Å². The van der Waals surface area contributed by atoms with Gasteiger partial charge in [0.15, 0.2) is 5.12 Å². The standard InChI is InChI=1S/C18H23NO6S/c1-18(2)8-11-13(17(23)26(11)14(18)16(21)22)19-15(20)12-9(24-3)6-5-7-10(12)25-4/h5-7,11,13-14,26H,8H2,1-4H3,(H,19,20)(H,21,22)/t11-,13-,14-/m1/s1. The highest BCUT2D eigenvalue weighted by Gasteiger charge is 2.63. The van der Waals surface area contributed by atoms with Gasteiger partial charge in [0.2, 0.25) is 0 Å². The summed E-state index contributed by atoms with van der Waals surface area (Å²) in [6, 6.07) is 4.35. The number of ether oxygens (including phenoxy) is 2. The lowest BCUT2D eigenvalue weighted by molar-refractivity contribution is -0.138. The molecule has 0 aliphatic carbocycles. The number of aliphatic carboxylic acids is 1. The molecular formula is C18H23NO6S. The molecule has 0 spiro atoms. The summed E-state index contributed by atoms with van der Waals surface area (Å²) in [4.78, 5) is 37.0. The average molecular weight is 381 g/mol. The lowest BCUT2D eigenvalue weighted by Crippen LogP contribution is -2.57. The third-order valence-electron chi connectivity index (χ3n) is 5.19. The van der Waals surface area contributed by atoms with Crippen molar-refractivity contribution in [3.8, 4) is 11.5 Å². The smallest absolute Gasteiger partial charge is 0.315 e. The number of carbonyl (C=O) groups is 3. The lowest BCUT2D eigenvalue weighted by Gasteiger charge is -2.43. The van der Waals surface area contributed by atoms with Gasteiger partial charge in [-0.1, -0.05) is 19.9 Å². The first kappa shape index (κ1) is 18.6. The van der Waals surface area contributed by atoms with Crippen LogP contribution in [-0.2, 0) is 9.59 Å². The van der Waals surface area contributed by atoms with E-state index in [0.29, 0.717) is 17.9 Å². The van der Waals surface area contributed by atoms with Gasteiger partial charge in [-0.25, -0.2) is 0 Å². The summed E-state index contributed by atoms with van der Waals surface area (Å²) in [7, 11) is 1.63. The highest BCUT2D eigenvalue weighted by molar-refractivity contribution is 8.33. The van der Waals surface area contributed by atoms with E-state index < -0.39 is 39.5 Å². The van der Waals surface area contributed by atoms with Crippen molar-refractivity contribution in [3.05, 3.63) is 23.8 Å². The second-order valence-electron chi connectivity index (χ2n) is 7.24. The summed E-state index contributed by atoms with van der Waals surface area (Å²) in [5.41, 5.74) is -0.229. The Bertz CT molecular complexity index is 755. The first-order valence-electron chi connectivity index (χ1n) is 8.29. The summed E-state index contributed by atoms with van der Waals surface area (Å²) in [6.07, 6.45) is 0.607. The van der Waals surface area contributed by atoms with E-state index in [0.717, 1.165) is 0 Å². The van der Waals surface area contributed by atoms with E-state index >= 15 is 0 Å². The number of carboxylic acids is 1. The third kappa shape index (κ3) is 2.72. The predicted molar refractivity (Wildman–Crippen MR) is 98.4 cm³/mol. The number of thiol groups is 1. The number of rotatable bonds is 5. The van der Waals surface area contributed by atoms with Crippen LogP contribution in [0.15, 0.2) is 18.2 Å². The molecule has 1 unspecified atom stereocenters. The minimum absolute atomic E-state index is 0.0988. The molecule has 3 rings (SSSR count). The highest BCUT2D eigenvalue weighted by atomic mass is 32.2. The van der Waals surface area contributed by atoms with Gasteiger partial charge >= 0.3 is 5.97 Å². The molecule has 0 radical (unpaired) electrons. The molecule has 1 amide bonds. The summed E-state index contributed by atoms with van der Waals surface area (Å²) in [5, 5.41) is 11.4. The zero-order valence-electron chi connectivity index (χ0n) is 15.1. The summed E-state index contributed by atoms with van der Waals surface area (Å²) >= 11 is 0. The fraction of sp³-hybridized carbons (Fsp3) is 0.500. The summed E-state index contributed by atoms with van der Waals surface area (Å²) in [6.45, 7) is 3.75. The number of carbonyl (C=O) groups excluding carboxylic acids is 2. The maximum atomic E-state index is 12.8. The van der Waals surface area contributed by atoms with E-state index in [9.17, 15) is 19.5 Å². The van der Waals surface area contributed by atoms with Gasteiger partial charge in [-0.05, 0) is 24.0 Å². The summed E-state index contributed by atoms with van der Waals surface area (Å²) < 4.78 is 10.5. The normalized spacial score (nSPS) is 30.1. The number of benzene rings is 1. The van der Waals surface area contributed by atoms with Crippen LogP contribution in [0.2, 0.25) is 0 Å². The second-order valence-corrected chi connectivity index (χ2v) is 9.67. The molecule has 0 aromatic heterocycles. The van der Waals surface area contributed by atoms with E-state index in [2.05, 4.69) is 5.32 Å². The van der Waals surface area contributed by atoms with Crippen LogP contribution in [0.1, 0.15) is 30.6 Å². The Morgan fingerprint density at radius 1 is 1.23 bits per heavy atom. The van der Waals surface area contributed by atoms with Crippen LogP contribution in [-0.4, -0.2) is 52.9 Å². The van der Waals surface area contributed by atoms with Crippen LogP contribution in [0.4, 0.5) is 0 Å². The van der Waals surface area contributed by atoms with Gasteiger partial charge in [0, 0.05) is 5.25 Å². The van der Waals surface area contributed by atoms with Crippen LogP contribution in [0.25, 0.3) is 0 Å². The highest BCUT2D eigenvalue weighted by Crippen LogP contribution is 2.64. The van der Waals surface area contributed by atoms with E-state index in [1.165, 1.54) is 14.2 Å². The maximum Gasteiger partial charge on any atom is 0.315 e. The van der Waals surface area contributed by atoms with Gasteiger partial charge in [0.25, 0.3) is 5.91 Å². The average Bonchev–Trinajstić information content (AvgIpc) is 2.86. The molecule has 2 heterocycles. The molecule has 26 heavy (non-hydrogen) atoms. The minimum Gasteiger partial charge on any atom is -0.496 e. The van der Waals surface area contributed by atoms with E-state index in [-0.39, 0.29) is 15.9 Å². The first-order valence-corrected chi connectivity index (χ1v) is 9.77. The number of methoxy groups -OCH3 is 2. The molecule has 8 heteroatoms. The third-order valence-corrected chi connectivity index (χ3v) is 8.65. The number of hydrogen-bond acceptors (Lipinski definition) is 5. The maximum absolute atomic E-state index is 12.8. The fourth-order valence-electron chi connectivity index (χ4n) is 4.03. The van der Waals surface area contributed by atoms with Gasteiger partial charge in [-0.3, -0.25) is 14.4 Å². The molecule has 4 atom stereocenters. The molecule has 2 aliphatic rings. The van der Waals surface area contributed by atoms with E-state index in [1.807, 2.05) is 13.8 Å². The molecule has 2 aliphatic heterocycles. The van der Waals surface area contributed by atoms with Crippen molar-refractivity contribution in [2.75, 3.05) is 14.2 Å². The zero-order valence-corrected chi connectivity index (χ0v) is 16.0. The Kier molecular flexibility index (Phi) is 4.64. The van der Waals surface area contributed by atoms with Crippen molar-refractivity contribution in [1.82, 2.24) is 5.32 Å². The zero-order chi connectivity index (χ0) is 19.2. The van der Waals surface area contributed by atoms with Crippen LogP contribution >= 0.6 is 10.9 Å². The predicted octanol–water partition coefficient (Wildman–Crippen LogP) is 1.60. The van der Waals surface area contributed by atoms with Crippen LogP contribution in [0, 0.1) is 5.41 Å². The quantitative estimate of drug-likeness (QED) is 0.670. The van der Waals surface area contributed by atoms with Crippen molar-refractivity contribution in [2.45, 2.75) is 36.8 Å². The topological polar surface area (TPSA) is 102 Å². The number of fused-ring (bicyclic) bond motifs is 1. The van der Waals surface area contributed by atoms with Crippen molar-refractivity contribution in [2.24, 2.45) is 5.41 Å². The number of hydrogen-bond donors (Lipinski definition) is 3. The van der Waals surface area contributed by atoms with Crippen LogP contribution in [0.3, 0.4) is 0 Å². The molecule has 142 valence electrons. The number of nitrogens with one attached hydrogen (secondary N) is 1. The van der Waals surface area contributed by atoms with Crippen molar-refractivity contribution >= 4 is 27.9 Å². The second kappa shape index (κ2) is 6.50. The molecule has 0 saturated carbocycles.